The third-order valence-corrected chi connectivity index (χ3v) is 11.7. The smallest absolute Gasteiger partial charge is 0.227 e. The highest BCUT2D eigenvalue weighted by molar-refractivity contribution is 6.10. The highest BCUT2D eigenvalue weighted by Crippen LogP contribution is 2.41. The van der Waals surface area contributed by atoms with Crippen LogP contribution in [0, 0.1) is 0 Å². The lowest BCUT2D eigenvalue weighted by Crippen LogP contribution is -2.18. The van der Waals surface area contributed by atoms with Crippen molar-refractivity contribution in [3.8, 4) is 17.1 Å². The second-order valence-corrected chi connectivity index (χ2v) is 15.1. The second kappa shape index (κ2) is 13.0. The molecular formula is C53H35N3O2. The van der Waals surface area contributed by atoms with Gasteiger partial charge in [0.05, 0.1) is 11.0 Å². The molecule has 0 saturated carbocycles. The first-order valence-electron chi connectivity index (χ1n) is 19.8. The molecule has 58 heavy (non-hydrogen) atoms. The zero-order valence-corrected chi connectivity index (χ0v) is 31.5. The molecule has 3 heterocycles. The zero-order valence-electron chi connectivity index (χ0n) is 31.5. The summed E-state index contributed by atoms with van der Waals surface area (Å²) in [5.41, 5.74) is 13.9. The number of hydrogen-bond donors (Lipinski definition) is 0. The Morgan fingerprint density at radius 2 is 1.14 bits per heavy atom. The predicted molar refractivity (Wildman–Crippen MR) is 239 cm³/mol. The van der Waals surface area contributed by atoms with Crippen LogP contribution in [0.4, 0.5) is 11.4 Å². The largest absolute Gasteiger partial charge is 0.456 e. The number of oxazole rings is 1. The van der Waals surface area contributed by atoms with Gasteiger partial charge in [-0.3, -0.25) is 0 Å². The van der Waals surface area contributed by atoms with Crippen molar-refractivity contribution >= 4 is 82.6 Å². The number of furan rings is 1. The molecular weight excluding hydrogens is 711 g/mol. The number of anilines is 2. The van der Waals surface area contributed by atoms with Gasteiger partial charge in [0, 0.05) is 55.3 Å². The van der Waals surface area contributed by atoms with E-state index in [1.165, 1.54) is 38.6 Å². The molecule has 0 aliphatic heterocycles. The lowest BCUT2D eigenvalue weighted by atomic mass is 9.93. The fourth-order valence-corrected chi connectivity index (χ4v) is 8.95. The lowest BCUT2D eigenvalue weighted by Gasteiger charge is -2.30. The van der Waals surface area contributed by atoms with Crippen molar-refractivity contribution in [1.29, 1.82) is 0 Å². The minimum atomic E-state index is 0.641. The van der Waals surface area contributed by atoms with E-state index in [1.54, 1.807) is 0 Å². The molecule has 0 bridgehead atoms. The average Bonchev–Trinajstić information content (AvgIpc) is 4.00. The van der Waals surface area contributed by atoms with Gasteiger partial charge >= 0.3 is 0 Å². The Bertz CT molecular complexity index is 3400. The summed E-state index contributed by atoms with van der Waals surface area (Å²) in [5.74, 6) is 0.641. The van der Waals surface area contributed by atoms with Gasteiger partial charge in [0.15, 0.2) is 5.58 Å². The summed E-state index contributed by atoms with van der Waals surface area (Å²) in [6, 6.07) is 62.2. The molecule has 3 aromatic heterocycles. The average molecular weight is 746 g/mol. The fraction of sp³-hybridized carbons (Fsp3) is 0.0377. The summed E-state index contributed by atoms with van der Waals surface area (Å²) in [6.07, 6.45) is 6.36. The number of rotatable bonds is 6. The fourth-order valence-electron chi connectivity index (χ4n) is 8.95. The molecule has 0 saturated heterocycles. The van der Waals surface area contributed by atoms with Gasteiger partial charge in [-0.1, -0.05) is 97.1 Å². The third kappa shape index (κ3) is 5.21. The van der Waals surface area contributed by atoms with Crippen molar-refractivity contribution in [1.82, 2.24) is 9.55 Å². The zero-order chi connectivity index (χ0) is 38.2. The minimum Gasteiger partial charge on any atom is -0.456 e. The van der Waals surface area contributed by atoms with Gasteiger partial charge in [-0.05, 0) is 120 Å². The molecule has 11 aromatic rings. The Morgan fingerprint density at radius 1 is 0.466 bits per heavy atom. The van der Waals surface area contributed by atoms with Crippen molar-refractivity contribution in [2.75, 3.05) is 4.90 Å². The Hall–Kier alpha value is -7.63. The molecule has 0 unspecified atom stereocenters. The number of allylic oxidation sites excluding steroid dienone is 4. The van der Waals surface area contributed by atoms with Crippen molar-refractivity contribution < 1.29 is 8.83 Å². The molecule has 1 aliphatic carbocycles. The normalized spacial score (nSPS) is 13.2. The molecule has 0 N–H and O–H groups in total. The van der Waals surface area contributed by atoms with E-state index in [2.05, 4.69) is 149 Å². The van der Waals surface area contributed by atoms with Crippen LogP contribution in [0.2, 0.25) is 0 Å². The van der Waals surface area contributed by atoms with Crippen LogP contribution in [0.25, 0.3) is 88.3 Å². The number of aromatic nitrogens is 2. The molecule has 0 atom stereocenters. The van der Waals surface area contributed by atoms with Gasteiger partial charge < -0.3 is 18.3 Å². The van der Waals surface area contributed by atoms with Crippen LogP contribution in [-0.4, -0.2) is 9.55 Å². The van der Waals surface area contributed by atoms with E-state index >= 15 is 0 Å². The van der Waals surface area contributed by atoms with E-state index in [0.717, 1.165) is 79.3 Å². The maximum absolute atomic E-state index is 6.25. The third-order valence-electron chi connectivity index (χ3n) is 11.7. The molecule has 5 nitrogen and oxygen atoms in total. The molecule has 0 spiro atoms. The quantitative estimate of drug-likeness (QED) is 0.170. The Kier molecular flexibility index (Phi) is 7.29. The molecule has 12 rings (SSSR count). The minimum absolute atomic E-state index is 0.641. The van der Waals surface area contributed by atoms with Gasteiger partial charge in [0.1, 0.15) is 16.7 Å². The number of nitrogens with zero attached hydrogens (tertiary/aromatic N) is 3. The van der Waals surface area contributed by atoms with Gasteiger partial charge in [0.2, 0.25) is 5.89 Å². The summed E-state index contributed by atoms with van der Waals surface area (Å²) in [7, 11) is 0. The molecule has 5 heteroatoms. The van der Waals surface area contributed by atoms with E-state index in [9.17, 15) is 0 Å². The summed E-state index contributed by atoms with van der Waals surface area (Å²) in [4.78, 5) is 7.39. The van der Waals surface area contributed by atoms with Crippen LogP contribution in [0.5, 0.6) is 0 Å². The van der Waals surface area contributed by atoms with E-state index < -0.39 is 0 Å². The molecule has 0 fully saturated rings. The first-order chi connectivity index (χ1) is 28.7. The first kappa shape index (κ1) is 32.6. The number of hydrogen-bond acceptors (Lipinski definition) is 4. The summed E-state index contributed by atoms with van der Waals surface area (Å²) < 4.78 is 14.9. The van der Waals surface area contributed by atoms with Crippen LogP contribution >= 0.6 is 0 Å². The highest BCUT2D eigenvalue weighted by atomic mass is 16.3. The number of para-hydroxylation sites is 3. The van der Waals surface area contributed by atoms with E-state index in [4.69, 9.17) is 13.8 Å². The Balaban J connectivity index is 0.959. The topological polar surface area (TPSA) is 47.3 Å². The van der Waals surface area contributed by atoms with Crippen LogP contribution in [0.3, 0.4) is 0 Å². The van der Waals surface area contributed by atoms with E-state index in [-0.39, 0.29) is 0 Å². The molecule has 0 radical (unpaired) electrons. The molecule has 8 aromatic carbocycles. The number of fused-ring (bicyclic) bond motifs is 9. The van der Waals surface area contributed by atoms with E-state index in [0.29, 0.717) is 5.89 Å². The van der Waals surface area contributed by atoms with Crippen LogP contribution in [-0.2, 0) is 0 Å². The molecule has 1 aliphatic rings. The maximum atomic E-state index is 6.25. The van der Waals surface area contributed by atoms with Crippen molar-refractivity contribution in [2.45, 2.75) is 12.8 Å². The predicted octanol–water partition coefficient (Wildman–Crippen LogP) is 14.5. The van der Waals surface area contributed by atoms with Crippen molar-refractivity contribution in [3.05, 3.63) is 199 Å². The molecule has 0 amide bonds. The molecule has 274 valence electrons. The monoisotopic (exact) mass is 745 g/mol. The summed E-state index contributed by atoms with van der Waals surface area (Å²) >= 11 is 0. The first-order valence-corrected chi connectivity index (χ1v) is 19.8. The SMILES string of the molecule is C1=C(c2ccc3ccc4oc(-c5ccccc5)nc4c3c2)CCC(N(c2ccc(-n3c4ccccc4c4ccccc43)cc2)c2ccc3oc4ccccc4c3c2)=C1. The highest BCUT2D eigenvalue weighted by Gasteiger charge is 2.21. The lowest BCUT2D eigenvalue weighted by molar-refractivity contribution is 0.620. The van der Waals surface area contributed by atoms with Gasteiger partial charge in [-0.2, -0.15) is 0 Å². The number of benzene rings is 8. The summed E-state index contributed by atoms with van der Waals surface area (Å²) in [5, 5.41) is 6.99. The van der Waals surface area contributed by atoms with Crippen molar-refractivity contribution in [2.24, 2.45) is 0 Å². The van der Waals surface area contributed by atoms with Crippen molar-refractivity contribution in [3.63, 3.8) is 0 Å². The summed E-state index contributed by atoms with van der Waals surface area (Å²) in [6.45, 7) is 0. The van der Waals surface area contributed by atoms with Crippen LogP contribution < -0.4 is 4.90 Å². The van der Waals surface area contributed by atoms with Crippen LogP contribution in [0.15, 0.2) is 203 Å². The Labute approximate surface area is 334 Å². The Morgan fingerprint density at radius 3 is 1.91 bits per heavy atom. The van der Waals surface area contributed by atoms with Gasteiger partial charge in [0.25, 0.3) is 0 Å². The second-order valence-electron chi connectivity index (χ2n) is 15.1. The maximum Gasteiger partial charge on any atom is 0.227 e. The van der Waals surface area contributed by atoms with Crippen LogP contribution in [0.1, 0.15) is 18.4 Å². The standard InChI is InChI=1S/C53H35N3O2/c1-2-10-36(11-3-1)53-54-52-45-32-37(19-18-35(45)22-30-51(52)58-53)34-20-23-38(24-21-34)55(41-29-31-50-46(33-41)44-14-6-9-17-49(44)57-50)39-25-27-40(28-26-39)56-47-15-7-4-12-42(47)43-13-5-8-16-48(43)56/h1-20,22-23,25-33H,21,24H2. The van der Waals surface area contributed by atoms with Gasteiger partial charge in [-0.15, -0.1) is 0 Å². The van der Waals surface area contributed by atoms with Gasteiger partial charge in [-0.25, -0.2) is 4.98 Å². The van der Waals surface area contributed by atoms with E-state index in [1.807, 2.05) is 48.5 Å².